The highest BCUT2D eigenvalue weighted by molar-refractivity contribution is 6.28. The number of benzene rings is 5. The number of hydrogen-bond acceptors (Lipinski definition) is 5. The molecule has 0 spiro atoms. The van der Waals surface area contributed by atoms with Gasteiger partial charge in [0.2, 0.25) is 5.91 Å². The van der Waals surface area contributed by atoms with Gasteiger partial charge in [-0.2, -0.15) is 10.1 Å². The summed E-state index contributed by atoms with van der Waals surface area (Å²) in [7, 11) is 1.61. The number of carbonyl (C=O) groups is 2. The van der Waals surface area contributed by atoms with Crippen LogP contribution in [0.1, 0.15) is 36.1 Å². The molecular formula is C40H35F2N3O4. The van der Waals surface area contributed by atoms with E-state index < -0.39 is 23.7 Å². The predicted molar refractivity (Wildman–Crippen MR) is 187 cm³/mol. The maximum atomic E-state index is 13.9. The molecule has 0 saturated heterocycles. The van der Waals surface area contributed by atoms with Gasteiger partial charge in [0.15, 0.2) is 5.92 Å². The molecule has 0 saturated carbocycles. The van der Waals surface area contributed by atoms with E-state index in [0.29, 0.717) is 24.5 Å². The lowest BCUT2D eigenvalue weighted by Crippen LogP contribution is -2.36. The average molecular weight is 660 g/mol. The Morgan fingerprint density at radius 2 is 1.57 bits per heavy atom. The van der Waals surface area contributed by atoms with Gasteiger partial charge in [-0.3, -0.25) is 9.59 Å². The Hall–Kier alpha value is -5.83. The highest BCUT2D eigenvalue weighted by Crippen LogP contribution is 2.40. The molecule has 2 amide bonds. The van der Waals surface area contributed by atoms with E-state index in [9.17, 15) is 18.4 Å². The molecular weight excluding hydrogens is 624 g/mol. The lowest BCUT2D eigenvalue weighted by atomic mass is 9.96. The van der Waals surface area contributed by atoms with Crippen molar-refractivity contribution in [2.75, 3.05) is 17.4 Å². The largest absolute Gasteiger partial charge is 0.496 e. The van der Waals surface area contributed by atoms with Crippen LogP contribution < -0.4 is 19.8 Å². The standard InChI is InChI=1S/C40H35F2N3O4/c1-26-36(38(46)43-32-16-10-15-31(23-32)40(2,41)42)39(47)45(44-26)33-22-30(37(48-3)35(24-33)29-13-8-5-9-14-29)21-27-17-19-34(20-18-27)49-25-28-11-6-4-7-12-28/h4-20,22-24,36H,21,25H2,1-3H3,(H,43,46). The topological polar surface area (TPSA) is 80.2 Å². The number of anilines is 2. The van der Waals surface area contributed by atoms with E-state index in [4.69, 9.17) is 9.47 Å². The van der Waals surface area contributed by atoms with E-state index in [1.807, 2.05) is 97.1 Å². The summed E-state index contributed by atoms with van der Waals surface area (Å²) in [6, 6.07) is 36.5. The van der Waals surface area contributed by atoms with Crippen LogP contribution in [-0.2, 0) is 28.5 Å². The van der Waals surface area contributed by atoms with Crippen molar-refractivity contribution in [2.24, 2.45) is 11.0 Å². The van der Waals surface area contributed by atoms with E-state index in [-0.39, 0.29) is 17.0 Å². The van der Waals surface area contributed by atoms with Gasteiger partial charge < -0.3 is 14.8 Å². The van der Waals surface area contributed by atoms with Crippen LogP contribution in [-0.4, -0.2) is 24.6 Å². The highest BCUT2D eigenvalue weighted by Gasteiger charge is 2.40. The number of halogens is 2. The van der Waals surface area contributed by atoms with E-state index in [0.717, 1.165) is 40.5 Å². The molecule has 1 unspecified atom stereocenters. The second kappa shape index (κ2) is 14.1. The number of methoxy groups -OCH3 is 1. The molecule has 1 aliphatic heterocycles. The molecule has 1 heterocycles. The fraction of sp³-hybridized carbons (Fsp3) is 0.175. The van der Waals surface area contributed by atoms with Crippen molar-refractivity contribution in [2.45, 2.75) is 32.8 Å². The van der Waals surface area contributed by atoms with Gasteiger partial charge in [-0.1, -0.05) is 84.9 Å². The Bertz CT molecular complexity index is 1990. The second-order valence-electron chi connectivity index (χ2n) is 11.9. The van der Waals surface area contributed by atoms with Crippen molar-refractivity contribution in [3.63, 3.8) is 0 Å². The first-order valence-electron chi connectivity index (χ1n) is 15.8. The van der Waals surface area contributed by atoms with Crippen LogP contribution in [0.2, 0.25) is 0 Å². The zero-order valence-corrected chi connectivity index (χ0v) is 27.3. The minimum absolute atomic E-state index is 0.164. The van der Waals surface area contributed by atoms with Gasteiger partial charge in [-0.05, 0) is 60.0 Å². The van der Waals surface area contributed by atoms with E-state index >= 15 is 0 Å². The lowest BCUT2D eigenvalue weighted by molar-refractivity contribution is -0.127. The third-order valence-corrected chi connectivity index (χ3v) is 8.28. The number of nitrogens with zero attached hydrogens (tertiary/aromatic N) is 2. The third kappa shape index (κ3) is 7.51. The van der Waals surface area contributed by atoms with Gasteiger partial charge in [0.25, 0.3) is 11.8 Å². The summed E-state index contributed by atoms with van der Waals surface area (Å²) in [5.41, 5.74) is 5.17. The van der Waals surface area contributed by atoms with Crippen LogP contribution in [0.15, 0.2) is 126 Å². The normalized spacial score (nSPS) is 14.4. The molecule has 5 aromatic carbocycles. The van der Waals surface area contributed by atoms with E-state index in [2.05, 4.69) is 10.4 Å². The molecule has 9 heteroatoms. The molecule has 7 nitrogen and oxygen atoms in total. The third-order valence-electron chi connectivity index (χ3n) is 8.28. The molecule has 0 fully saturated rings. The Morgan fingerprint density at radius 3 is 2.24 bits per heavy atom. The van der Waals surface area contributed by atoms with Crippen LogP contribution in [0.5, 0.6) is 11.5 Å². The molecule has 1 atom stereocenters. The van der Waals surface area contributed by atoms with Crippen molar-refractivity contribution < 1.29 is 27.8 Å². The van der Waals surface area contributed by atoms with E-state index in [1.54, 1.807) is 14.0 Å². The Morgan fingerprint density at radius 1 is 0.878 bits per heavy atom. The molecule has 248 valence electrons. The van der Waals surface area contributed by atoms with Crippen molar-refractivity contribution in [3.8, 4) is 22.6 Å². The quantitative estimate of drug-likeness (QED) is 0.144. The minimum Gasteiger partial charge on any atom is -0.496 e. The molecule has 0 radical (unpaired) electrons. The fourth-order valence-corrected chi connectivity index (χ4v) is 5.80. The summed E-state index contributed by atoms with van der Waals surface area (Å²) < 4.78 is 39.8. The van der Waals surface area contributed by atoms with Crippen molar-refractivity contribution in [1.82, 2.24) is 0 Å². The molecule has 0 aliphatic carbocycles. The smallest absolute Gasteiger partial charge is 0.270 e. The SMILES string of the molecule is COc1c(Cc2ccc(OCc3ccccc3)cc2)cc(N2N=C(C)C(C(=O)Nc3cccc(C(C)(F)F)c3)C2=O)cc1-c1ccccc1. The number of nitrogens with one attached hydrogen (secondary N) is 1. The van der Waals surface area contributed by atoms with Crippen LogP contribution in [0.3, 0.4) is 0 Å². The van der Waals surface area contributed by atoms with E-state index in [1.165, 1.54) is 29.3 Å². The van der Waals surface area contributed by atoms with Crippen LogP contribution in [0.25, 0.3) is 11.1 Å². The zero-order chi connectivity index (χ0) is 34.5. The summed E-state index contributed by atoms with van der Waals surface area (Å²) in [5.74, 6) is -4.14. The van der Waals surface area contributed by atoms with Crippen molar-refractivity contribution >= 4 is 28.9 Å². The molecule has 1 aliphatic rings. The molecule has 0 aromatic heterocycles. The number of rotatable bonds is 11. The number of hydrogen-bond donors (Lipinski definition) is 1. The first-order valence-corrected chi connectivity index (χ1v) is 15.8. The molecule has 0 bridgehead atoms. The summed E-state index contributed by atoms with van der Waals surface area (Å²) in [4.78, 5) is 27.2. The Balaban J connectivity index is 1.28. The van der Waals surface area contributed by atoms with Crippen molar-refractivity contribution in [3.05, 3.63) is 144 Å². The molecule has 6 rings (SSSR count). The molecule has 1 N–H and O–H groups in total. The number of alkyl halides is 2. The molecule has 5 aromatic rings. The minimum atomic E-state index is -3.08. The highest BCUT2D eigenvalue weighted by atomic mass is 19.3. The lowest BCUT2D eigenvalue weighted by Gasteiger charge is -2.20. The average Bonchev–Trinajstić information content (AvgIpc) is 3.41. The monoisotopic (exact) mass is 659 g/mol. The fourth-order valence-electron chi connectivity index (χ4n) is 5.80. The summed E-state index contributed by atoms with van der Waals surface area (Å²) in [6.45, 7) is 2.84. The number of ether oxygens (including phenoxy) is 2. The van der Waals surface area contributed by atoms with Crippen LogP contribution in [0, 0.1) is 5.92 Å². The Labute approximate surface area is 283 Å². The van der Waals surface area contributed by atoms with Crippen LogP contribution >= 0.6 is 0 Å². The zero-order valence-electron chi connectivity index (χ0n) is 27.3. The van der Waals surface area contributed by atoms with Gasteiger partial charge in [0.1, 0.15) is 18.1 Å². The predicted octanol–water partition coefficient (Wildman–Crippen LogP) is 8.62. The Kier molecular flexibility index (Phi) is 9.53. The van der Waals surface area contributed by atoms with Gasteiger partial charge >= 0.3 is 0 Å². The number of carbonyl (C=O) groups excluding carboxylic acids is 2. The summed E-state index contributed by atoms with van der Waals surface area (Å²) in [6.07, 6.45) is 0.475. The first-order chi connectivity index (χ1) is 23.6. The van der Waals surface area contributed by atoms with Gasteiger partial charge in [-0.15, -0.1) is 0 Å². The van der Waals surface area contributed by atoms with Crippen molar-refractivity contribution in [1.29, 1.82) is 0 Å². The second-order valence-corrected chi connectivity index (χ2v) is 11.9. The maximum Gasteiger partial charge on any atom is 0.270 e. The van der Waals surface area contributed by atoms with Crippen LogP contribution in [0.4, 0.5) is 20.2 Å². The maximum absolute atomic E-state index is 13.9. The number of hydrazone groups is 1. The van der Waals surface area contributed by atoms with Gasteiger partial charge in [0, 0.05) is 35.7 Å². The van der Waals surface area contributed by atoms with Gasteiger partial charge in [-0.25, -0.2) is 8.78 Å². The summed E-state index contributed by atoms with van der Waals surface area (Å²) in [5, 5.41) is 8.35. The summed E-state index contributed by atoms with van der Waals surface area (Å²) >= 11 is 0. The first kappa shape index (κ1) is 33.1. The molecule has 49 heavy (non-hydrogen) atoms. The van der Waals surface area contributed by atoms with Gasteiger partial charge in [0.05, 0.1) is 18.5 Å². The number of amides is 2.